The summed E-state index contributed by atoms with van der Waals surface area (Å²) in [4.78, 5) is 27.1. The molecule has 0 spiro atoms. The van der Waals surface area contributed by atoms with Gasteiger partial charge in [0.1, 0.15) is 11.2 Å². The maximum Gasteiger partial charge on any atom is 0.151 e. The third-order valence-electron chi connectivity index (χ3n) is 8.62. The van der Waals surface area contributed by atoms with Gasteiger partial charge in [-0.1, -0.05) is 148 Å². The van der Waals surface area contributed by atoms with E-state index in [1.54, 1.807) is 0 Å². The Labute approximate surface area is 294 Å². The molecule has 0 heterocycles. The molecule has 0 aliphatic rings. The number of ketones is 2. The van der Waals surface area contributed by atoms with Gasteiger partial charge < -0.3 is 4.90 Å². The Balaban J connectivity index is 0. The molecule has 0 saturated carbocycles. The second-order valence-electron chi connectivity index (χ2n) is 14.1. The van der Waals surface area contributed by atoms with E-state index in [1.165, 1.54) is 141 Å². The van der Waals surface area contributed by atoms with E-state index in [0.29, 0.717) is 12.8 Å². The quantitative estimate of drug-likeness (QED) is 0.0397. The zero-order chi connectivity index (χ0) is 34.5. The molecule has 2 unspecified atom stereocenters. The zero-order valence-electron chi connectivity index (χ0n) is 31.9. The monoisotopic (exact) mass is 666 g/mol. The number of halogens is 1. The van der Waals surface area contributed by atoms with Crippen molar-refractivity contribution in [3.8, 4) is 0 Å². The molecule has 0 aromatic rings. The fraction of sp³-hybridized carbons (Fsp3) is 0.857. The molecule has 3 nitrogen and oxygen atoms in total. The van der Waals surface area contributed by atoms with Gasteiger partial charge in [0.25, 0.3) is 0 Å². The highest BCUT2D eigenvalue weighted by atomic mass is 35.5. The molecular formula is C42H80ClNO2. The van der Waals surface area contributed by atoms with E-state index in [-0.39, 0.29) is 17.5 Å². The van der Waals surface area contributed by atoms with E-state index in [1.807, 2.05) is 33.0 Å². The maximum absolute atomic E-state index is 12.6. The van der Waals surface area contributed by atoms with Crippen LogP contribution in [0, 0.1) is 5.92 Å². The van der Waals surface area contributed by atoms with Gasteiger partial charge in [-0.2, -0.15) is 0 Å². The van der Waals surface area contributed by atoms with Crippen LogP contribution in [0.3, 0.4) is 0 Å². The molecule has 0 rings (SSSR count). The zero-order valence-corrected chi connectivity index (χ0v) is 32.7. The molecule has 0 aromatic carbocycles. The van der Waals surface area contributed by atoms with Crippen LogP contribution in [0.25, 0.3) is 0 Å². The predicted molar refractivity (Wildman–Crippen MR) is 207 cm³/mol. The summed E-state index contributed by atoms with van der Waals surface area (Å²) < 4.78 is 0. The highest BCUT2D eigenvalue weighted by Gasteiger charge is 2.27. The van der Waals surface area contributed by atoms with Crippen LogP contribution in [0.4, 0.5) is 0 Å². The molecule has 0 fully saturated rings. The number of hydrogen-bond donors (Lipinski definition) is 0. The molecular weight excluding hydrogens is 586 g/mol. The minimum Gasteiger partial charge on any atom is -0.312 e. The first-order valence-corrected chi connectivity index (χ1v) is 20.3. The Morgan fingerprint density at radius 2 is 0.739 bits per heavy atom. The number of hydrogen-bond acceptors (Lipinski definition) is 3. The summed E-state index contributed by atoms with van der Waals surface area (Å²) >= 11 is 6.43. The first kappa shape index (κ1) is 47.2. The maximum atomic E-state index is 12.6. The van der Waals surface area contributed by atoms with Crippen LogP contribution < -0.4 is 0 Å². The molecule has 0 aromatic heterocycles. The van der Waals surface area contributed by atoms with Gasteiger partial charge in [0.2, 0.25) is 0 Å². The number of carbonyl (C=O) groups is 2. The van der Waals surface area contributed by atoms with Crippen molar-refractivity contribution >= 4 is 23.2 Å². The Morgan fingerprint density at radius 3 is 1.07 bits per heavy atom. The Morgan fingerprint density at radius 1 is 0.478 bits per heavy atom. The summed E-state index contributed by atoms with van der Waals surface area (Å²) in [6.07, 6.45) is 43.0. The van der Waals surface area contributed by atoms with Crippen LogP contribution in [-0.4, -0.2) is 43.0 Å². The second kappa shape index (κ2) is 38.5. The van der Waals surface area contributed by atoms with Gasteiger partial charge in [-0.05, 0) is 85.4 Å². The van der Waals surface area contributed by atoms with Crippen LogP contribution in [-0.2, 0) is 9.59 Å². The van der Waals surface area contributed by atoms with Gasteiger partial charge in [-0.15, -0.1) is 11.6 Å². The van der Waals surface area contributed by atoms with Crippen molar-refractivity contribution in [1.82, 2.24) is 4.90 Å². The molecule has 2 atom stereocenters. The summed E-state index contributed by atoms with van der Waals surface area (Å²) in [5, 5.41) is -0.655. The Bertz CT molecular complexity index is 643. The minimum absolute atomic E-state index is 0.0553. The third kappa shape index (κ3) is 37.5. The molecule has 0 aliphatic carbocycles. The van der Waals surface area contributed by atoms with Gasteiger partial charge in [0, 0.05) is 18.8 Å². The van der Waals surface area contributed by atoms with E-state index in [0.717, 1.165) is 25.7 Å². The lowest BCUT2D eigenvalue weighted by atomic mass is 9.93. The van der Waals surface area contributed by atoms with Crippen molar-refractivity contribution in [2.24, 2.45) is 5.92 Å². The van der Waals surface area contributed by atoms with Crippen molar-refractivity contribution < 1.29 is 9.59 Å². The number of alkyl halides is 1. The average molecular weight is 667 g/mol. The molecule has 0 saturated heterocycles. The topological polar surface area (TPSA) is 37.4 Å². The standard InChI is InChI=1S/C39H71ClO2.C3H9N/c1-4-6-8-10-12-14-16-18-20-22-24-26-28-30-32-34-37(41)36(3)39(40)38(42)35-33-31-29-27-25-23-21-19-17-15-13-11-9-7-5-2;1-4(2)3/h18-21,36,39H,4-17,22-35H2,1-3H3;1-3H3/b20-18-,21-19-;. The van der Waals surface area contributed by atoms with Crippen LogP contribution in [0.15, 0.2) is 24.3 Å². The summed E-state index contributed by atoms with van der Waals surface area (Å²) in [6, 6.07) is 0. The van der Waals surface area contributed by atoms with Crippen molar-refractivity contribution in [2.75, 3.05) is 21.1 Å². The molecule has 46 heavy (non-hydrogen) atoms. The summed E-state index contributed by atoms with van der Waals surface area (Å²) in [5.41, 5.74) is 0. The van der Waals surface area contributed by atoms with E-state index in [9.17, 15) is 9.59 Å². The van der Waals surface area contributed by atoms with E-state index in [4.69, 9.17) is 11.6 Å². The molecule has 0 amide bonds. The van der Waals surface area contributed by atoms with Crippen molar-refractivity contribution in [3.05, 3.63) is 24.3 Å². The van der Waals surface area contributed by atoms with E-state index in [2.05, 4.69) is 38.2 Å². The molecule has 272 valence electrons. The van der Waals surface area contributed by atoms with E-state index < -0.39 is 5.38 Å². The van der Waals surface area contributed by atoms with Gasteiger partial charge in [0.05, 0.1) is 0 Å². The summed E-state index contributed by atoms with van der Waals surface area (Å²) in [6.45, 7) is 6.38. The molecule has 0 N–H and O–H groups in total. The second-order valence-corrected chi connectivity index (χ2v) is 14.6. The van der Waals surface area contributed by atoms with Gasteiger partial charge >= 0.3 is 0 Å². The van der Waals surface area contributed by atoms with Crippen molar-refractivity contribution in [1.29, 1.82) is 0 Å². The molecule has 0 bridgehead atoms. The lowest BCUT2D eigenvalue weighted by molar-refractivity contribution is -0.127. The van der Waals surface area contributed by atoms with Crippen LogP contribution in [0.2, 0.25) is 0 Å². The summed E-state index contributed by atoms with van der Waals surface area (Å²) in [7, 11) is 6.00. The van der Waals surface area contributed by atoms with Gasteiger partial charge in [0.15, 0.2) is 5.78 Å². The normalized spacial score (nSPS) is 13.0. The van der Waals surface area contributed by atoms with Crippen LogP contribution in [0.1, 0.15) is 201 Å². The number of Topliss-reactive ketones (excluding diaryl/α,β-unsaturated/α-hetero) is 2. The lowest BCUT2D eigenvalue weighted by Gasteiger charge is -2.16. The van der Waals surface area contributed by atoms with Gasteiger partial charge in [-0.25, -0.2) is 0 Å². The number of carbonyl (C=O) groups excluding carboxylic acids is 2. The van der Waals surface area contributed by atoms with Crippen LogP contribution in [0.5, 0.6) is 0 Å². The number of nitrogens with zero attached hydrogens (tertiary/aromatic N) is 1. The number of unbranched alkanes of at least 4 members (excludes halogenated alkanes) is 22. The fourth-order valence-electron chi connectivity index (χ4n) is 5.55. The minimum atomic E-state index is -0.655. The molecule has 0 radical (unpaired) electrons. The smallest absolute Gasteiger partial charge is 0.151 e. The van der Waals surface area contributed by atoms with E-state index >= 15 is 0 Å². The molecule has 4 heteroatoms. The first-order valence-electron chi connectivity index (χ1n) is 19.9. The van der Waals surface area contributed by atoms with Crippen molar-refractivity contribution in [3.63, 3.8) is 0 Å². The highest BCUT2D eigenvalue weighted by Crippen LogP contribution is 2.20. The Kier molecular flexibility index (Phi) is 39.5. The lowest BCUT2D eigenvalue weighted by Crippen LogP contribution is -2.28. The number of rotatable bonds is 33. The SMILES string of the molecule is CCCCCCCC/C=C\CCCCCCCC(=O)C(C)C(Cl)C(=O)CCCCCCC/C=C\CCCCCCCC.CN(C)C. The van der Waals surface area contributed by atoms with Gasteiger partial charge in [-0.3, -0.25) is 9.59 Å². The highest BCUT2D eigenvalue weighted by molar-refractivity contribution is 6.32. The first-order chi connectivity index (χ1) is 22.3. The largest absolute Gasteiger partial charge is 0.312 e. The third-order valence-corrected chi connectivity index (χ3v) is 9.25. The average Bonchev–Trinajstić information content (AvgIpc) is 3.03. The predicted octanol–water partition coefficient (Wildman–Crippen LogP) is 13.6. The molecule has 0 aliphatic heterocycles. The van der Waals surface area contributed by atoms with Crippen LogP contribution >= 0.6 is 11.6 Å². The number of allylic oxidation sites excluding steroid dienone is 4. The summed E-state index contributed by atoms with van der Waals surface area (Å²) in [5.74, 6) is -0.149. The fourth-order valence-corrected chi connectivity index (χ4v) is 5.80. The Hall–Kier alpha value is -0.930. The van der Waals surface area contributed by atoms with Crippen molar-refractivity contribution in [2.45, 2.75) is 206 Å².